The number of rotatable bonds is 4. The molecule has 0 bridgehead atoms. The highest BCUT2D eigenvalue weighted by Gasteiger charge is 2.13. The summed E-state index contributed by atoms with van der Waals surface area (Å²) in [4.78, 5) is 28.0. The van der Waals surface area contributed by atoms with Crippen molar-refractivity contribution in [3.63, 3.8) is 0 Å². The van der Waals surface area contributed by atoms with Crippen molar-refractivity contribution in [3.05, 3.63) is 35.4 Å². The Kier molecular flexibility index (Phi) is 4.20. The Labute approximate surface area is 92.1 Å². The second-order valence-corrected chi connectivity index (χ2v) is 4.19. The van der Waals surface area contributed by atoms with Crippen LogP contribution < -0.4 is 0 Å². The predicted molar refractivity (Wildman–Crippen MR) is 54.6 cm³/mol. The Hall–Kier alpha value is -1.20. The number of carbonyl (C=O) groups excluding carboxylic acids is 1. The number of ether oxygens (including phenoxy) is 1. The van der Waals surface area contributed by atoms with Crippen LogP contribution in [0, 0.1) is 0 Å². The molecule has 0 aliphatic carbocycles. The van der Waals surface area contributed by atoms with Crippen LogP contribution >= 0.6 is 7.82 Å². The van der Waals surface area contributed by atoms with Crippen molar-refractivity contribution in [1.29, 1.82) is 0 Å². The number of phosphoric acid groups is 1. The van der Waals surface area contributed by atoms with Crippen LogP contribution in [0.1, 0.15) is 15.9 Å². The normalized spacial score (nSPS) is 11.2. The van der Waals surface area contributed by atoms with Crippen LogP contribution in [-0.4, -0.2) is 22.9 Å². The van der Waals surface area contributed by atoms with Gasteiger partial charge in [-0.25, -0.2) is 9.36 Å². The minimum Gasteiger partial charge on any atom is -0.465 e. The van der Waals surface area contributed by atoms with Crippen molar-refractivity contribution < 1.29 is 28.4 Å². The lowest BCUT2D eigenvalue weighted by molar-refractivity contribution is 0.0600. The number of hydrogen-bond donors (Lipinski definition) is 2. The van der Waals surface area contributed by atoms with Gasteiger partial charge < -0.3 is 14.5 Å². The van der Waals surface area contributed by atoms with E-state index in [0.29, 0.717) is 11.1 Å². The minimum absolute atomic E-state index is 0.217. The molecule has 0 spiro atoms. The molecule has 2 N–H and O–H groups in total. The zero-order chi connectivity index (χ0) is 12.2. The topological polar surface area (TPSA) is 93.1 Å². The third kappa shape index (κ3) is 4.12. The minimum atomic E-state index is -4.46. The van der Waals surface area contributed by atoms with Gasteiger partial charge >= 0.3 is 13.8 Å². The van der Waals surface area contributed by atoms with E-state index in [0.717, 1.165) is 0 Å². The van der Waals surface area contributed by atoms with E-state index in [4.69, 9.17) is 9.79 Å². The van der Waals surface area contributed by atoms with Gasteiger partial charge in [0.15, 0.2) is 0 Å². The van der Waals surface area contributed by atoms with E-state index in [9.17, 15) is 9.36 Å². The van der Waals surface area contributed by atoms with Crippen LogP contribution in [0.5, 0.6) is 0 Å². The maximum absolute atomic E-state index is 11.1. The van der Waals surface area contributed by atoms with Gasteiger partial charge in [-0.1, -0.05) is 12.1 Å². The molecular weight excluding hydrogens is 235 g/mol. The first-order valence-corrected chi connectivity index (χ1v) is 5.83. The summed E-state index contributed by atoms with van der Waals surface area (Å²) in [6.07, 6.45) is 0. The number of carbonyl (C=O) groups is 1. The van der Waals surface area contributed by atoms with Gasteiger partial charge in [0.1, 0.15) is 0 Å². The first-order chi connectivity index (χ1) is 7.42. The molecule has 0 radical (unpaired) electrons. The fraction of sp³-hybridized carbons (Fsp3) is 0.222. The molecule has 88 valence electrons. The lowest BCUT2D eigenvalue weighted by Crippen LogP contribution is -2.01. The first kappa shape index (κ1) is 12.9. The highest BCUT2D eigenvalue weighted by atomic mass is 31.2. The molecule has 0 saturated heterocycles. The van der Waals surface area contributed by atoms with Crippen molar-refractivity contribution in [1.82, 2.24) is 0 Å². The Morgan fingerprint density at radius 3 is 2.31 bits per heavy atom. The number of methoxy groups -OCH3 is 1. The maximum Gasteiger partial charge on any atom is 0.469 e. The van der Waals surface area contributed by atoms with E-state index >= 15 is 0 Å². The van der Waals surface area contributed by atoms with Crippen LogP contribution in [0.15, 0.2) is 24.3 Å². The van der Waals surface area contributed by atoms with E-state index < -0.39 is 13.8 Å². The summed E-state index contributed by atoms with van der Waals surface area (Å²) < 4.78 is 19.2. The lowest BCUT2D eigenvalue weighted by atomic mass is 10.1. The molecule has 0 unspecified atom stereocenters. The zero-order valence-electron chi connectivity index (χ0n) is 8.49. The van der Waals surface area contributed by atoms with Crippen LogP contribution in [0.3, 0.4) is 0 Å². The molecule has 0 atom stereocenters. The zero-order valence-corrected chi connectivity index (χ0v) is 9.39. The van der Waals surface area contributed by atoms with E-state index in [1.54, 1.807) is 0 Å². The standard InChI is InChI=1S/C9H11O6P/c1-14-9(10)8-4-2-7(3-5-8)6-15-16(11,12)13/h2-5H,6H2,1H3,(H2,11,12,13). The van der Waals surface area contributed by atoms with Gasteiger partial charge in [-0.15, -0.1) is 0 Å². The molecule has 7 heteroatoms. The molecule has 0 aliphatic rings. The molecule has 0 aliphatic heterocycles. The summed E-state index contributed by atoms with van der Waals surface area (Å²) in [5.74, 6) is -0.470. The SMILES string of the molecule is COC(=O)c1ccc(COP(=O)(O)O)cc1. The quantitative estimate of drug-likeness (QED) is 0.610. The second kappa shape index (κ2) is 5.23. The Morgan fingerprint density at radius 2 is 1.88 bits per heavy atom. The average molecular weight is 246 g/mol. The van der Waals surface area contributed by atoms with Crippen LogP contribution in [0.4, 0.5) is 0 Å². The van der Waals surface area contributed by atoms with Gasteiger partial charge in [0, 0.05) is 0 Å². The number of benzene rings is 1. The Morgan fingerprint density at radius 1 is 1.31 bits per heavy atom. The van der Waals surface area contributed by atoms with Gasteiger partial charge in [-0.2, -0.15) is 0 Å². The van der Waals surface area contributed by atoms with Crippen LogP contribution in [0.25, 0.3) is 0 Å². The Bertz CT molecular complexity index is 407. The molecule has 16 heavy (non-hydrogen) atoms. The predicted octanol–water partition coefficient (Wildman–Crippen LogP) is 1.08. The summed E-state index contributed by atoms with van der Waals surface area (Å²) in [6, 6.07) is 6.04. The molecular formula is C9H11O6P. The average Bonchev–Trinajstić information content (AvgIpc) is 2.25. The Balaban J connectivity index is 2.65. The lowest BCUT2D eigenvalue weighted by Gasteiger charge is -2.05. The molecule has 0 amide bonds. The fourth-order valence-electron chi connectivity index (χ4n) is 1.01. The summed E-state index contributed by atoms with van der Waals surface area (Å²) in [5, 5.41) is 0. The molecule has 0 aromatic heterocycles. The van der Waals surface area contributed by atoms with Gasteiger partial charge in [-0.05, 0) is 17.7 Å². The van der Waals surface area contributed by atoms with E-state index in [1.807, 2.05) is 0 Å². The molecule has 0 heterocycles. The fourth-order valence-corrected chi connectivity index (χ4v) is 1.33. The highest BCUT2D eigenvalue weighted by molar-refractivity contribution is 7.46. The third-order valence-electron chi connectivity index (χ3n) is 1.77. The van der Waals surface area contributed by atoms with E-state index in [-0.39, 0.29) is 6.61 Å². The number of hydrogen-bond acceptors (Lipinski definition) is 4. The van der Waals surface area contributed by atoms with Gasteiger partial charge in [-0.3, -0.25) is 4.52 Å². The molecule has 0 fully saturated rings. The first-order valence-electron chi connectivity index (χ1n) is 4.30. The second-order valence-electron chi connectivity index (χ2n) is 2.95. The summed E-state index contributed by atoms with van der Waals surface area (Å²) >= 11 is 0. The van der Waals surface area contributed by atoms with Gasteiger partial charge in [0.25, 0.3) is 0 Å². The third-order valence-corrected chi connectivity index (χ3v) is 2.24. The van der Waals surface area contributed by atoms with Crippen LogP contribution in [0.2, 0.25) is 0 Å². The van der Waals surface area contributed by atoms with E-state index in [2.05, 4.69) is 9.26 Å². The summed E-state index contributed by atoms with van der Waals surface area (Å²) in [5.41, 5.74) is 0.915. The summed E-state index contributed by atoms with van der Waals surface area (Å²) in [6.45, 7) is -0.217. The molecule has 0 saturated carbocycles. The number of esters is 1. The van der Waals surface area contributed by atoms with Crippen molar-refractivity contribution in [3.8, 4) is 0 Å². The van der Waals surface area contributed by atoms with Crippen molar-refractivity contribution in [2.45, 2.75) is 6.61 Å². The number of phosphoric ester groups is 1. The summed E-state index contributed by atoms with van der Waals surface area (Å²) in [7, 11) is -3.19. The van der Waals surface area contributed by atoms with Crippen molar-refractivity contribution >= 4 is 13.8 Å². The molecule has 1 aromatic rings. The van der Waals surface area contributed by atoms with Gasteiger partial charge in [0.2, 0.25) is 0 Å². The van der Waals surface area contributed by atoms with E-state index in [1.165, 1.54) is 31.4 Å². The van der Waals surface area contributed by atoms with Gasteiger partial charge in [0.05, 0.1) is 19.3 Å². The molecule has 1 rings (SSSR count). The largest absolute Gasteiger partial charge is 0.469 e. The van der Waals surface area contributed by atoms with Crippen molar-refractivity contribution in [2.24, 2.45) is 0 Å². The molecule has 1 aromatic carbocycles. The van der Waals surface area contributed by atoms with Crippen LogP contribution in [-0.2, 0) is 20.4 Å². The van der Waals surface area contributed by atoms with Crippen molar-refractivity contribution in [2.75, 3.05) is 7.11 Å². The highest BCUT2D eigenvalue weighted by Crippen LogP contribution is 2.36. The smallest absolute Gasteiger partial charge is 0.465 e. The molecule has 6 nitrogen and oxygen atoms in total. The monoisotopic (exact) mass is 246 g/mol. The maximum atomic E-state index is 11.1.